The van der Waals surface area contributed by atoms with Crippen molar-refractivity contribution in [3.8, 4) is 11.5 Å². The molecule has 0 N–H and O–H groups in total. The number of esters is 2. The Morgan fingerprint density at radius 1 is 0.897 bits per heavy atom. The van der Waals surface area contributed by atoms with E-state index in [1.165, 1.54) is 7.11 Å². The van der Waals surface area contributed by atoms with E-state index in [1.807, 2.05) is 30.3 Å². The smallest absolute Gasteiger partial charge is 0.347 e. The summed E-state index contributed by atoms with van der Waals surface area (Å²) in [7, 11) is 1.48. The van der Waals surface area contributed by atoms with Crippen LogP contribution in [0.3, 0.4) is 0 Å². The topological polar surface area (TPSA) is 61.8 Å². The fraction of sp³-hybridized carbons (Fsp3) is 0.130. The minimum absolute atomic E-state index is 0.294. The summed E-state index contributed by atoms with van der Waals surface area (Å²) >= 11 is 3.33. The van der Waals surface area contributed by atoms with Gasteiger partial charge in [0.25, 0.3) is 0 Å². The van der Waals surface area contributed by atoms with Gasteiger partial charge in [-0.25, -0.2) is 9.59 Å². The maximum absolute atomic E-state index is 12.4. The first kappa shape index (κ1) is 20.6. The van der Waals surface area contributed by atoms with Gasteiger partial charge < -0.3 is 14.2 Å². The van der Waals surface area contributed by atoms with E-state index >= 15 is 0 Å². The van der Waals surface area contributed by atoms with Gasteiger partial charge in [0.15, 0.2) is 0 Å². The monoisotopic (exact) mass is 454 g/mol. The number of carbonyl (C=O) groups is 2. The number of methoxy groups -OCH3 is 1. The van der Waals surface area contributed by atoms with Crippen molar-refractivity contribution in [1.82, 2.24) is 0 Å². The van der Waals surface area contributed by atoms with Crippen LogP contribution in [0.4, 0.5) is 0 Å². The van der Waals surface area contributed by atoms with Crippen molar-refractivity contribution in [2.45, 2.75) is 6.42 Å². The van der Waals surface area contributed by atoms with Gasteiger partial charge in [-0.15, -0.1) is 0 Å². The van der Waals surface area contributed by atoms with Crippen molar-refractivity contribution in [1.29, 1.82) is 0 Å². The summed E-state index contributed by atoms with van der Waals surface area (Å²) < 4.78 is 16.6. The molecule has 0 aliphatic rings. The number of halogens is 1. The molecule has 0 radical (unpaired) electrons. The standard InChI is InChI=1S/C23H19BrO5/c1-27-21-12-9-18(24)15-20(21)23(26)29-19-10-7-17(8-11-19)22(25)28-14-13-16-5-3-2-4-6-16/h2-12,15H,13-14H2,1H3. The molecule has 0 saturated heterocycles. The van der Waals surface area contributed by atoms with Crippen LogP contribution in [0, 0.1) is 0 Å². The molecule has 0 bridgehead atoms. The number of rotatable bonds is 7. The first-order valence-electron chi connectivity index (χ1n) is 8.93. The molecule has 3 rings (SSSR count). The summed E-state index contributed by atoms with van der Waals surface area (Å²) in [4.78, 5) is 24.6. The Hall–Kier alpha value is -3.12. The van der Waals surface area contributed by atoms with Gasteiger partial charge in [-0.2, -0.15) is 0 Å². The van der Waals surface area contributed by atoms with Gasteiger partial charge in [0.05, 0.1) is 19.3 Å². The zero-order valence-electron chi connectivity index (χ0n) is 15.8. The summed E-state index contributed by atoms with van der Waals surface area (Å²) in [6, 6.07) is 21.1. The summed E-state index contributed by atoms with van der Waals surface area (Å²) in [5, 5.41) is 0. The van der Waals surface area contributed by atoms with Gasteiger partial charge in [-0.05, 0) is 48.0 Å². The molecule has 0 aliphatic carbocycles. The van der Waals surface area contributed by atoms with E-state index in [2.05, 4.69) is 15.9 Å². The van der Waals surface area contributed by atoms with E-state index < -0.39 is 11.9 Å². The first-order valence-corrected chi connectivity index (χ1v) is 9.73. The summed E-state index contributed by atoms with van der Waals surface area (Å²) in [5.74, 6) is -0.247. The fourth-order valence-corrected chi connectivity index (χ4v) is 3.01. The predicted molar refractivity (Wildman–Crippen MR) is 113 cm³/mol. The normalized spacial score (nSPS) is 10.3. The number of ether oxygens (including phenoxy) is 3. The Labute approximate surface area is 177 Å². The van der Waals surface area contributed by atoms with Gasteiger partial charge in [0.2, 0.25) is 0 Å². The van der Waals surface area contributed by atoms with Crippen LogP contribution in [0.2, 0.25) is 0 Å². The van der Waals surface area contributed by atoms with Crippen LogP contribution in [-0.2, 0) is 11.2 Å². The molecule has 0 amide bonds. The summed E-state index contributed by atoms with van der Waals surface area (Å²) in [6.45, 7) is 0.294. The van der Waals surface area contributed by atoms with Crippen molar-refractivity contribution in [3.63, 3.8) is 0 Å². The average molecular weight is 455 g/mol. The highest BCUT2D eigenvalue weighted by Gasteiger charge is 2.16. The Morgan fingerprint density at radius 3 is 2.31 bits per heavy atom. The highest BCUT2D eigenvalue weighted by Crippen LogP contribution is 2.25. The molecule has 0 atom stereocenters. The molecule has 3 aromatic rings. The molecule has 0 fully saturated rings. The second kappa shape index (κ2) is 9.89. The molecule has 0 aromatic heterocycles. The van der Waals surface area contributed by atoms with Crippen molar-refractivity contribution in [2.24, 2.45) is 0 Å². The van der Waals surface area contributed by atoms with Crippen LogP contribution in [-0.4, -0.2) is 25.7 Å². The van der Waals surface area contributed by atoms with Crippen LogP contribution in [0.5, 0.6) is 11.5 Å². The van der Waals surface area contributed by atoms with Crippen molar-refractivity contribution < 1.29 is 23.8 Å². The van der Waals surface area contributed by atoms with E-state index in [9.17, 15) is 9.59 Å². The largest absolute Gasteiger partial charge is 0.496 e. The van der Waals surface area contributed by atoms with Gasteiger partial charge in [0, 0.05) is 10.9 Å². The summed E-state index contributed by atoms with van der Waals surface area (Å²) in [5.41, 5.74) is 1.79. The molecule has 5 nitrogen and oxygen atoms in total. The van der Waals surface area contributed by atoms with Gasteiger partial charge in [-0.3, -0.25) is 0 Å². The number of benzene rings is 3. The second-order valence-electron chi connectivity index (χ2n) is 6.13. The molecule has 3 aromatic carbocycles. The van der Waals surface area contributed by atoms with Crippen molar-refractivity contribution >= 4 is 27.9 Å². The van der Waals surface area contributed by atoms with E-state index in [4.69, 9.17) is 14.2 Å². The molecule has 0 saturated carbocycles. The lowest BCUT2D eigenvalue weighted by Gasteiger charge is -2.09. The van der Waals surface area contributed by atoms with Gasteiger partial charge >= 0.3 is 11.9 Å². The van der Waals surface area contributed by atoms with Crippen LogP contribution in [0.25, 0.3) is 0 Å². The van der Waals surface area contributed by atoms with Crippen LogP contribution in [0.15, 0.2) is 77.3 Å². The quantitative estimate of drug-likeness (QED) is 0.368. The highest BCUT2D eigenvalue weighted by atomic mass is 79.9. The molecule has 29 heavy (non-hydrogen) atoms. The lowest BCUT2D eigenvalue weighted by molar-refractivity contribution is 0.0509. The lowest BCUT2D eigenvalue weighted by Crippen LogP contribution is -2.11. The maximum atomic E-state index is 12.4. The fourth-order valence-electron chi connectivity index (χ4n) is 2.65. The minimum Gasteiger partial charge on any atom is -0.496 e. The van der Waals surface area contributed by atoms with Crippen LogP contribution in [0.1, 0.15) is 26.3 Å². The zero-order valence-corrected chi connectivity index (χ0v) is 17.3. The average Bonchev–Trinajstić information content (AvgIpc) is 2.75. The highest BCUT2D eigenvalue weighted by molar-refractivity contribution is 9.10. The number of hydrogen-bond donors (Lipinski definition) is 0. The summed E-state index contributed by atoms with van der Waals surface area (Å²) in [6.07, 6.45) is 0.650. The Morgan fingerprint density at radius 2 is 1.62 bits per heavy atom. The predicted octanol–water partition coefficient (Wildman–Crippen LogP) is 5.08. The van der Waals surface area contributed by atoms with E-state index in [0.717, 1.165) is 10.0 Å². The molecular formula is C23H19BrO5. The minimum atomic E-state index is -0.554. The van der Waals surface area contributed by atoms with Gasteiger partial charge in [-0.1, -0.05) is 46.3 Å². The third kappa shape index (κ3) is 5.68. The SMILES string of the molecule is COc1ccc(Br)cc1C(=O)Oc1ccc(C(=O)OCCc2ccccc2)cc1. The zero-order chi connectivity index (χ0) is 20.6. The Bertz CT molecular complexity index is 984. The molecule has 6 heteroatoms. The number of carbonyl (C=O) groups excluding carboxylic acids is 2. The van der Waals surface area contributed by atoms with Crippen LogP contribution < -0.4 is 9.47 Å². The van der Waals surface area contributed by atoms with E-state index in [0.29, 0.717) is 35.7 Å². The van der Waals surface area contributed by atoms with Crippen molar-refractivity contribution in [2.75, 3.05) is 13.7 Å². The van der Waals surface area contributed by atoms with Crippen LogP contribution >= 0.6 is 15.9 Å². The molecule has 0 heterocycles. The maximum Gasteiger partial charge on any atom is 0.347 e. The van der Waals surface area contributed by atoms with E-state index in [-0.39, 0.29) is 0 Å². The molecule has 0 spiro atoms. The second-order valence-corrected chi connectivity index (χ2v) is 7.05. The number of hydrogen-bond acceptors (Lipinski definition) is 5. The first-order chi connectivity index (χ1) is 14.1. The van der Waals surface area contributed by atoms with Gasteiger partial charge in [0.1, 0.15) is 17.1 Å². The lowest BCUT2D eigenvalue weighted by atomic mass is 10.2. The molecule has 0 aliphatic heterocycles. The van der Waals surface area contributed by atoms with Crippen molar-refractivity contribution in [3.05, 3.63) is 94.0 Å². The third-order valence-electron chi connectivity index (χ3n) is 4.15. The molecular weight excluding hydrogens is 436 g/mol. The molecule has 148 valence electrons. The Kier molecular flexibility index (Phi) is 7.03. The Balaban J connectivity index is 1.57. The molecule has 0 unspecified atom stereocenters. The van der Waals surface area contributed by atoms with E-state index in [1.54, 1.807) is 42.5 Å². The third-order valence-corrected chi connectivity index (χ3v) is 4.64.